The van der Waals surface area contributed by atoms with Gasteiger partial charge in [-0.25, -0.2) is 17.6 Å². The average molecular weight is 410 g/mol. The van der Waals surface area contributed by atoms with E-state index >= 15 is 0 Å². The number of carbonyl (C=O) groups excluding carboxylic acids is 1. The first-order valence-electron chi connectivity index (χ1n) is 9.26. The van der Waals surface area contributed by atoms with Gasteiger partial charge in [0.2, 0.25) is 15.7 Å². The second kappa shape index (κ2) is 9.13. The van der Waals surface area contributed by atoms with Gasteiger partial charge in [-0.3, -0.25) is 0 Å². The Bertz CT molecular complexity index is 893. The summed E-state index contributed by atoms with van der Waals surface area (Å²) in [6.45, 7) is 2.00. The van der Waals surface area contributed by atoms with Crippen LogP contribution in [-0.2, 0) is 22.0 Å². The zero-order valence-corrected chi connectivity index (χ0v) is 16.3. The van der Waals surface area contributed by atoms with E-state index in [4.69, 9.17) is 4.42 Å². The van der Waals surface area contributed by atoms with Gasteiger partial charge in [-0.15, -0.1) is 5.10 Å². The number of nitrogens with one attached hydrogen (secondary N) is 1. The Morgan fingerprint density at radius 1 is 1.14 bits per heavy atom. The van der Waals surface area contributed by atoms with Crippen LogP contribution in [0.25, 0.3) is 0 Å². The molecule has 10 heteroatoms. The number of aromatic nitrogens is 2. The second-order valence-corrected chi connectivity index (χ2v) is 8.60. The predicted octanol–water partition coefficient (Wildman–Crippen LogP) is 2.31. The smallest absolute Gasteiger partial charge is 0.335 e. The van der Waals surface area contributed by atoms with Crippen LogP contribution < -0.4 is 5.32 Å². The lowest BCUT2D eigenvalue weighted by atomic mass is 10.1. The summed E-state index contributed by atoms with van der Waals surface area (Å²) < 4.78 is 42.9. The van der Waals surface area contributed by atoms with E-state index in [2.05, 4.69) is 15.5 Å². The molecule has 2 aromatic rings. The van der Waals surface area contributed by atoms with Crippen LogP contribution in [0.3, 0.4) is 0 Å². The maximum atomic E-state index is 12.9. The van der Waals surface area contributed by atoms with E-state index in [9.17, 15) is 17.6 Å². The van der Waals surface area contributed by atoms with Crippen LogP contribution in [0.1, 0.15) is 37.1 Å². The summed E-state index contributed by atoms with van der Waals surface area (Å²) in [7, 11) is -3.80. The largest absolute Gasteiger partial charge is 0.413 e. The molecule has 152 valence electrons. The zero-order valence-electron chi connectivity index (χ0n) is 15.4. The third-order valence-electron chi connectivity index (χ3n) is 4.47. The molecule has 3 rings (SSSR count). The third-order valence-corrected chi connectivity index (χ3v) is 5.88. The highest BCUT2D eigenvalue weighted by atomic mass is 32.2. The van der Waals surface area contributed by atoms with Gasteiger partial charge in [0.15, 0.2) is 0 Å². The lowest BCUT2D eigenvalue weighted by Crippen LogP contribution is -2.43. The molecule has 0 saturated carbocycles. The van der Waals surface area contributed by atoms with Crippen LogP contribution in [0, 0.1) is 5.82 Å². The van der Waals surface area contributed by atoms with Gasteiger partial charge >= 0.3 is 11.3 Å². The maximum Gasteiger partial charge on any atom is 0.335 e. The minimum absolute atomic E-state index is 0.0761. The lowest BCUT2D eigenvalue weighted by molar-refractivity contribution is 0.186. The topological polar surface area (TPSA) is 105 Å². The Hall–Kier alpha value is -2.49. The standard InChI is InChI=1S/C18H23FN4O4S/c19-15-8-6-14(7-9-15)13-28(25,26)18-22-21-16(27-18)5-4-10-20-17(24)23-11-2-1-3-12-23/h6-9H,1-5,10-13H2,(H,20,24). The lowest BCUT2D eigenvalue weighted by Gasteiger charge is -2.26. The van der Waals surface area contributed by atoms with Crippen LogP contribution in [0.2, 0.25) is 0 Å². The normalized spacial score (nSPS) is 14.8. The van der Waals surface area contributed by atoms with Gasteiger partial charge in [-0.1, -0.05) is 17.2 Å². The summed E-state index contributed by atoms with van der Waals surface area (Å²) >= 11 is 0. The van der Waals surface area contributed by atoms with Gasteiger partial charge in [0.05, 0.1) is 5.75 Å². The van der Waals surface area contributed by atoms with E-state index in [0.29, 0.717) is 24.9 Å². The molecule has 8 nitrogen and oxygen atoms in total. The molecule has 1 saturated heterocycles. The van der Waals surface area contributed by atoms with E-state index in [1.54, 1.807) is 4.90 Å². The number of piperidine rings is 1. The van der Waals surface area contributed by atoms with E-state index in [-0.39, 0.29) is 17.7 Å². The Morgan fingerprint density at radius 3 is 2.57 bits per heavy atom. The number of aryl methyl sites for hydroxylation is 1. The first kappa shape index (κ1) is 20.2. The Morgan fingerprint density at radius 2 is 1.86 bits per heavy atom. The molecule has 0 atom stereocenters. The average Bonchev–Trinajstić information content (AvgIpc) is 3.17. The number of carbonyl (C=O) groups is 1. The molecule has 1 N–H and O–H groups in total. The van der Waals surface area contributed by atoms with Crippen molar-refractivity contribution in [3.8, 4) is 0 Å². The maximum absolute atomic E-state index is 12.9. The highest BCUT2D eigenvalue weighted by Crippen LogP contribution is 2.16. The number of urea groups is 1. The van der Waals surface area contributed by atoms with E-state index < -0.39 is 20.9 Å². The predicted molar refractivity (Wildman–Crippen MR) is 98.7 cm³/mol. The summed E-state index contributed by atoms with van der Waals surface area (Å²) in [5, 5.41) is 9.77. The first-order chi connectivity index (χ1) is 13.4. The highest BCUT2D eigenvalue weighted by Gasteiger charge is 2.23. The van der Waals surface area contributed by atoms with Crippen LogP contribution in [-0.4, -0.2) is 49.2 Å². The number of sulfone groups is 1. The molecule has 1 aliphatic heterocycles. The monoisotopic (exact) mass is 410 g/mol. The molecule has 2 heterocycles. The van der Waals surface area contributed by atoms with Crippen molar-refractivity contribution < 1.29 is 22.0 Å². The van der Waals surface area contributed by atoms with Crippen molar-refractivity contribution in [3.63, 3.8) is 0 Å². The van der Waals surface area contributed by atoms with Gasteiger partial charge < -0.3 is 14.6 Å². The second-order valence-electron chi connectivity index (χ2n) is 6.73. The number of rotatable bonds is 7. The number of hydrogen-bond acceptors (Lipinski definition) is 6. The summed E-state index contributed by atoms with van der Waals surface area (Å²) in [6, 6.07) is 5.11. The summed E-state index contributed by atoms with van der Waals surface area (Å²) in [5.41, 5.74) is 0.432. The molecule has 1 fully saturated rings. The number of benzene rings is 1. The van der Waals surface area contributed by atoms with Crippen molar-refractivity contribution in [1.82, 2.24) is 20.4 Å². The van der Waals surface area contributed by atoms with E-state index in [0.717, 1.165) is 32.4 Å². The number of amides is 2. The van der Waals surface area contributed by atoms with Crippen molar-refractivity contribution in [1.29, 1.82) is 0 Å². The summed E-state index contributed by atoms with van der Waals surface area (Å²) in [6.07, 6.45) is 4.14. The third kappa shape index (κ3) is 5.51. The summed E-state index contributed by atoms with van der Waals surface area (Å²) in [5.74, 6) is -0.584. The quantitative estimate of drug-likeness (QED) is 0.702. The molecule has 1 aliphatic rings. The molecule has 1 aromatic carbocycles. The van der Waals surface area contributed by atoms with Crippen molar-refractivity contribution >= 4 is 15.9 Å². The van der Waals surface area contributed by atoms with Crippen molar-refractivity contribution in [2.45, 2.75) is 43.1 Å². The Kier molecular flexibility index (Phi) is 6.61. The molecule has 0 spiro atoms. The minimum atomic E-state index is -3.80. The number of halogens is 1. The van der Waals surface area contributed by atoms with Crippen LogP contribution >= 0.6 is 0 Å². The van der Waals surface area contributed by atoms with E-state index in [1.807, 2.05) is 0 Å². The number of hydrogen-bond donors (Lipinski definition) is 1. The molecule has 0 unspecified atom stereocenters. The van der Waals surface area contributed by atoms with Gasteiger partial charge in [0.25, 0.3) is 0 Å². The molecular weight excluding hydrogens is 387 g/mol. The van der Waals surface area contributed by atoms with Gasteiger partial charge in [0.1, 0.15) is 5.82 Å². The molecule has 0 aliphatic carbocycles. The fraction of sp³-hybridized carbons (Fsp3) is 0.500. The Labute approximate surface area is 163 Å². The van der Waals surface area contributed by atoms with Gasteiger partial charge in [-0.2, -0.15) is 0 Å². The molecular formula is C18H23FN4O4S. The first-order valence-corrected chi connectivity index (χ1v) is 10.9. The Balaban J connectivity index is 1.46. The number of likely N-dealkylation sites (tertiary alicyclic amines) is 1. The van der Waals surface area contributed by atoms with E-state index in [1.165, 1.54) is 24.3 Å². The van der Waals surface area contributed by atoms with Crippen molar-refractivity contribution in [3.05, 3.63) is 41.5 Å². The zero-order chi connectivity index (χ0) is 20.0. The molecule has 1 aromatic heterocycles. The molecule has 0 bridgehead atoms. The SMILES string of the molecule is O=C(NCCCc1nnc(S(=O)(=O)Cc2ccc(F)cc2)o1)N1CCCCC1. The minimum Gasteiger partial charge on any atom is -0.413 e. The van der Waals surface area contributed by atoms with Crippen LogP contribution in [0.5, 0.6) is 0 Å². The van der Waals surface area contributed by atoms with Gasteiger partial charge in [-0.05, 0) is 43.4 Å². The van der Waals surface area contributed by atoms with Crippen molar-refractivity contribution in [2.24, 2.45) is 0 Å². The fourth-order valence-corrected chi connectivity index (χ4v) is 4.11. The van der Waals surface area contributed by atoms with Crippen LogP contribution in [0.15, 0.2) is 33.9 Å². The van der Waals surface area contributed by atoms with Crippen molar-refractivity contribution in [2.75, 3.05) is 19.6 Å². The molecule has 2 amide bonds. The van der Waals surface area contributed by atoms with Crippen LogP contribution in [0.4, 0.5) is 9.18 Å². The van der Waals surface area contributed by atoms with Gasteiger partial charge in [0, 0.05) is 26.1 Å². The molecule has 28 heavy (non-hydrogen) atoms. The fourth-order valence-electron chi connectivity index (χ4n) is 2.97. The highest BCUT2D eigenvalue weighted by molar-refractivity contribution is 7.90. The molecule has 0 radical (unpaired) electrons. The summed E-state index contributed by atoms with van der Waals surface area (Å²) in [4.78, 5) is 13.8. The number of nitrogens with zero attached hydrogens (tertiary/aromatic N) is 3.